The number of nitrogens with zero attached hydrogens (tertiary/aromatic N) is 3. The Hall–Kier alpha value is -1.95. The molecule has 0 saturated carbocycles. The Kier molecular flexibility index (Phi) is 4.15. The minimum atomic E-state index is 0.0348. The molecule has 0 atom stereocenters. The summed E-state index contributed by atoms with van der Waals surface area (Å²) in [5.74, 6) is 1.01. The van der Waals surface area contributed by atoms with E-state index in [4.69, 9.17) is 0 Å². The molecule has 1 fully saturated rings. The number of piperidine rings is 1. The van der Waals surface area contributed by atoms with Crippen molar-refractivity contribution in [3.8, 4) is 0 Å². The number of nitrogens with one attached hydrogen (secondary N) is 1. The second kappa shape index (κ2) is 6.22. The van der Waals surface area contributed by atoms with Gasteiger partial charge in [-0.1, -0.05) is 0 Å². The first-order valence-corrected chi connectivity index (χ1v) is 8.03. The summed E-state index contributed by atoms with van der Waals surface area (Å²) in [4.78, 5) is 22.7. The van der Waals surface area contributed by atoms with Gasteiger partial charge in [0.25, 0.3) is 5.91 Å². The van der Waals surface area contributed by atoms with Crippen LogP contribution in [0.5, 0.6) is 0 Å². The minimum absolute atomic E-state index is 0.0348. The van der Waals surface area contributed by atoms with E-state index in [1.54, 1.807) is 17.7 Å². The van der Waals surface area contributed by atoms with Gasteiger partial charge in [0, 0.05) is 41.8 Å². The molecule has 0 spiro atoms. The van der Waals surface area contributed by atoms with Crippen molar-refractivity contribution in [3.63, 3.8) is 0 Å². The van der Waals surface area contributed by atoms with Crippen LogP contribution in [0, 0.1) is 6.92 Å². The molecule has 6 heteroatoms. The quantitative estimate of drug-likeness (QED) is 0.945. The van der Waals surface area contributed by atoms with Crippen LogP contribution in [0.25, 0.3) is 0 Å². The molecule has 3 heterocycles. The SMILES string of the molecule is Cc1cc(N2CCC(NC(=O)c3ccsc3)CC2)ncn1. The molecule has 1 aliphatic rings. The van der Waals surface area contributed by atoms with E-state index in [0.29, 0.717) is 0 Å². The van der Waals surface area contributed by atoms with Gasteiger partial charge in [-0.2, -0.15) is 11.3 Å². The van der Waals surface area contributed by atoms with E-state index < -0.39 is 0 Å². The molecule has 3 rings (SSSR count). The number of hydrogen-bond donors (Lipinski definition) is 1. The van der Waals surface area contributed by atoms with Crippen LogP contribution >= 0.6 is 11.3 Å². The Balaban J connectivity index is 1.54. The van der Waals surface area contributed by atoms with Gasteiger partial charge >= 0.3 is 0 Å². The average Bonchev–Trinajstić information content (AvgIpc) is 3.02. The largest absolute Gasteiger partial charge is 0.356 e. The third kappa shape index (κ3) is 3.39. The molecular formula is C15H18N4OS. The van der Waals surface area contributed by atoms with E-state index in [0.717, 1.165) is 43.0 Å². The Morgan fingerprint density at radius 2 is 2.19 bits per heavy atom. The van der Waals surface area contributed by atoms with Crippen molar-refractivity contribution in [1.29, 1.82) is 0 Å². The fourth-order valence-corrected chi connectivity index (χ4v) is 3.16. The van der Waals surface area contributed by atoms with Crippen LogP contribution < -0.4 is 10.2 Å². The zero-order chi connectivity index (χ0) is 14.7. The predicted molar refractivity (Wildman–Crippen MR) is 83.8 cm³/mol. The number of hydrogen-bond acceptors (Lipinski definition) is 5. The molecule has 1 saturated heterocycles. The molecule has 2 aromatic rings. The second-order valence-corrected chi connectivity index (χ2v) is 6.04. The molecule has 0 bridgehead atoms. The molecule has 1 amide bonds. The van der Waals surface area contributed by atoms with Crippen molar-refractivity contribution in [2.75, 3.05) is 18.0 Å². The first-order valence-electron chi connectivity index (χ1n) is 7.09. The van der Waals surface area contributed by atoms with Crippen molar-refractivity contribution >= 4 is 23.1 Å². The molecule has 0 aromatic carbocycles. The van der Waals surface area contributed by atoms with Crippen molar-refractivity contribution < 1.29 is 4.79 Å². The minimum Gasteiger partial charge on any atom is -0.356 e. The van der Waals surface area contributed by atoms with E-state index in [2.05, 4.69) is 20.2 Å². The maximum absolute atomic E-state index is 12.0. The van der Waals surface area contributed by atoms with Crippen molar-refractivity contribution in [2.45, 2.75) is 25.8 Å². The Morgan fingerprint density at radius 3 is 2.86 bits per heavy atom. The molecular weight excluding hydrogens is 284 g/mol. The zero-order valence-corrected chi connectivity index (χ0v) is 12.8. The van der Waals surface area contributed by atoms with Crippen molar-refractivity contribution in [2.24, 2.45) is 0 Å². The lowest BCUT2D eigenvalue weighted by Gasteiger charge is -2.33. The van der Waals surface area contributed by atoms with Gasteiger partial charge in [-0.05, 0) is 31.2 Å². The molecule has 0 radical (unpaired) electrons. The van der Waals surface area contributed by atoms with Crippen LogP contribution in [0.2, 0.25) is 0 Å². The zero-order valence-electron chi connectivity index (χ0n) is 12.0. The number of carbonyl (C=O) groups is 1. The van der Waals surface area contributed by atoms with Crippen molar-refractivity contribution in [1.82, 2.24) is 15.3 Å². The van der Waals surface area contributed by atoms with Crippen molar-refractivity contribution in [3.05, 3.63) is 40.5 Å². The molecule has 1 N–H and O–H groups in total. The normalized spacial score (nSPS) is 16.0. The van der Waals surface area contributed by atoms with Gasteiger partial charge in [-0.3, -0.25) is 4.79 Å². The fraction of sp³-hybridized carbons (Fsp3) is 0.400. The molecule has 0 unspecified atom stereocenters. The highest BCUT2D eigenvalue weighted by Crippen LogP contribution is 2.18. The van der Waals surface area contributed by atoms with E-state index in [-0.39, 0.29) is 11.9 Å². The summed E-state index contributed by atoms with van der Waals surface area (Å²) in [6, 6.07) is 4.11. The number of aromatic nitrogens is 2. The lowest BCUT2D eigenvalue weighted by Crippen LogP contribution is -2.44. The smallest absolute Gasteiger partial charge is 0.252 e. The number of aryl methyl sites for hydroxylation is 1. The second-order valence-electron chi connectivity index (χ2n) is 5.26. The first kappa shape index (κ1) is 14.0. The van der Waals surface area contributed by atoms with Gasteiger partial charge in [0.1, 0.15) is 12.1 Å². The average molecular weight is 302 g/mol. The summed E-state index contributed by atoms with van der Waals surface area (Å²) >= 11 is 1.55. The van der Waals surface area contributed by atoms with Gasteiger partial charge in [0.15, 0.2) is 0 Å². The van der Waals surface area contributed by atoms with Crippen LogP contribution in [-0.4, -0.2) is 35.0 Å². The lowest BCUT2D eigenvalue weighted by atomic mass is 10.0. The highest BCUT2D eigenvalue weighted by molar-refractivity contribution is 7.08. The standard InChI is InChI=1S/C15H18N4OS/c1-11-8-14(17-10-16-11)19-5-2-13(3-6-19)18-15(20)12-4-7-21-9-12/h4,7-10,13H,2-3,5-6H2,1H3,(H,18,20). The lowest BCUT2D eigenvalue weighted by molar-refractivity contribution is 0.0931. The number of thiophene rings is 1. The number of anilines is 1. The van der Waals surface area contributed by atoms with E-state index >= 15 is 0 Å². The summed E-state index contributed by atoms with van der Waals surface area (Å²) < 4.78 is 0. The topological polar surface area (TPSA) is 58.1 Å². The van der Waals surface area contributed by atoms with Crippen LogP contribution in [0.3, 0.4) is 0 Å². The van der Waals surface area contributed by atoms with Gasteiger partial charge in [0.05, 0.1) is 0 Å². The predicted octanol–water partition coefficient (Wildman–Crippen LogP) is 2.25. The molecule has 2 aromatic heterocycles. The van der Waals surface area contributed by atoms with Gasteiger partial charge in [-0.15, -0.1) is 0 Å². The summed E-state index contributed by atoms with van der Waals surface area (Å²) in [6.07, 6.45) is 3.49. The summed E-state index contributed by atoms with van der Waals surface area (Å²) in [7, 11) is 0. The van der Waals surface area contributed by atoms with Crippen LogP contribution in [0.4, 0.5) is 5.82 Å². The maximum Gasteiger partial charge on any atom is 0.252 e. The van der Waals surface area contributed by atoms with Crippen LogP contribution in [0.1, 0.15) is 28.9 Å². The number of carbonyl (C=O) groups excluding carboxylic acids is 1. The van der Waals surface area contributed by atoms with Gasteiger partial charge < -0.3 is 10.2 Å². The van der Waals surface area contributed by atoms with E-state index in [9.17, 15) is 4.79 Å². The Labute approximate surface area is 128 Å². The summed E-state index contributed by atoms with van der Waals surface area (Å²) in [6.45, 7) is 3.79. The fourth-order valence-electron chi connectivity index (χ4n) is 2.53. The Morgan fingerprint density at radius 1 is 1.38 bits per heavy atom. The summed E-state index contributed by atoms with van der Waals surface area (Å²) in [5, 5.41) is 6.92. The molecule has 1 aliphatic heterocycles. The number of rotatable bonds is 3. The van der Waals surface area contributed by atoms with Gasteiger partial charge in [-0.25, -0.2) is 9.97 Å². The molecule has 21 heavy (non-hydrogen) atoms. The molecule has 0 aliphatic carbocycles. The van der Waals surface area contributed by atoms with E-state index in [1.807, 2.05) is 29.8 Å². The Bertz CT molecular complexity index is 606. The third-order valence-electron chi connectivity index (χ3n) is 3.73. The van der Waals surface area contributed by atoms with E-state index in [1.165, 1.54) is 0 Å². The summed E-state index contributed by atoms with van der Waals surface area (Å²) in [5.41, 5.74) is 1.74. The van der Waals surface area contributed by atoms with Gasteiger partial charge in [0.2, 0.25) is 0 Å². The van der Waals surface area contributed by atoms with Crippen LogP contribution in [0.15, 0.2) is 29.2 Å². The maximum atomic E-state index is 12.0. The molecule has 110 valence electrons. The highest BCUT2D eigenvalue weighted by atomic mass is 32.1. The number of amides is 1. The molecule has 5 nitrogen and oxygen atoms in total. The third-order valence-corrected chi connectivity index (χ3v) is 4.41. The highest BCUT2D eigenvalue weighted by Gasteiger charge is 2.22. The first-order chi connectivity index (χ1) is 10.2. The van der Waals surface area contributed by atoms with Crippen LogP contribution in [-0.2, 0) is 0 Å². The monoisotopic (exact) mass is 302 g/mol.